The van der Waals surface area contributed by atoms with Crippen LogP contribution in [0.4, 0.5) is 0 Å². The quantitative estimate of drug-likeness (QED) is 0.147. The van der Waals surface area contributed by atoms with E-state index in [-0.39, 0.29) is 50.9 Å². The number of carbonyl (C=O) groups excluding carboxylic acids is 2. The molecule has 223 valence electrons. The van der Waals surface area contributed by atoms with Gasteiger partial charge in [0.15, 0.2) is 0 Å². The molecule has 4 aromatic rings. The van der Waals surface area contributed by atoms with Gasteiger partial charge in [-0.1, -0.05) is 99.5 Å². The number of hydrazone groups is 2. The minimum Gasteiger partial charge on any atom is -0.871 e. The van der Waals surface area contributed by atoms with Crippen LogP contribution in [0.1, 0.15) is 31.8 Å². The van der Waals surface area contributed by atoms with Crippen LogP contribution in [-0.4, -0.2) is 34.5 Å². The van der Waals surface area contributed by atoms with Gasteiger partial charge in [-0.25, -0.2) is 10.9 Å². The Morgan fingerprint density at radius 3 is 1.35 bits per heavy atom. The molecule has 0 saturated heterocycles. The SMILES string of the molecule is O=C(N/N=C/c1cc(Br)cc(Br)c1[O-])c1ccccc1O.O=C(N/N=C/c1cc(Br)cc(Br)c1[O-])c1ccccc1O.[Co+2]. The number of hydrogen-bond acceptors (Lipinski definition) is 8. The van der Waals surface area contributed by atoms with E-state index in [0.717, 1.165) is 0 Å². The molecule has 4 aromatic carbocycles. The van der Waals surface area contributed by atoms with Gasteiger partial charge in [0, 0.05) is 17.9 Å². The van der Waals surface area contributed by atoms with E-state index in [9.17, 15) is 30.0 Å². The van der Waals surface area contributed by atoms with E-state index < -0.39 is 11.8 Å². The molecule has 0 heterocycles. The Labute approximate surface area is 289 Å². The van der Waals surface area contributed by atoms with Crippen LogP contribution < -0.4 is 21.1 Å². The van der Waals surface area contributed by atoms with E-state index >= 15 is 0 Å². The maximum atomic E-state index is 11.8. The van der Waals surface area contributed by atoms with Gasteiger partial charge in [-0.2, -0.15) is 10.2 Å². The molecule has 43 heavy (non-hydrogen) atoms. The molecular formula is C28H18Br4CoN4O6. The number of rotatable bonds is 6. The second-order valence-electron chi connectivity index (χ2n) is 8.04. The van der Waals surface area contributed by atoms with Crippen molar-refractivity contribution in [3.8, 4) is 23.0 Å². The fourth-order valence-corrected chi connectivity index (χ4v) is 5.64. The summed E-state index contributed by atoms with van der Waals surface area (Å²) in [5.41, 5.74) is 5.35. The van der Waals surface area contributed by atoms with Crippen molar-refractivity contribution in [2.24, 2.45) is 10.2 Å². The average Bonchev–Trinajstić information content (AvgIpc) is 2.94. The molecule has 4 N–H and O–H groups in total. The molecule has 0 bridgehead atoms. The number of carbonyl (C=O) groups is 2. The molecule has 10 nitrogen and oxygen atoms in total. The molecule has 0 aromatic heterocycles. The summed E-state index contributed by atoms with van der Waals surface area (Å²) in [6.07, 6.45) is 2.49. The van der Waals surface area contributed by atoms with Crippen molar-refractivity contribution >= 4 is 88.0 Å². The Hall–Kier alpha value is -3.21. The third-order valence-corrected chi connectivity index (χ3v) is 7.20. The van der Waals surface area contributed by atoms with Crippen LogP contribution in [0.5, 0.6) is 23.0 Å². The zero-order chi connectivity index (χ0) is 30.8. The predicted octanol–water partition coefficient (Wildman–Crippen LogP) is 5.51. The number of hydrogen-bond donors (Lipinski definition) is 4. The fourth-order valence-electron chi connectivity index (χ4n) is 3.12. The number of phenols is 2. The van der Waals surface area contributed by atoms with Crippen LogP contribution in [0, 0.1) is 0 Å². The van der Waals surface area contributed by atoms with Gasteiger partial charge in [0.2, 0.25) is 0 Å². The van der Waals surface area contributed by atoms with Crippen LogP contribution >= 0.6 is 63.7 Å². The second kappa shape index (κ2) is 17.2. The molecule has 15 heteroatoms. The van der Waals surface area contributed by atoms with Gasteiger partial charge in [0.05, 0.1) is 23.6 Å². The van der Waals surface area contributed by atoms with Crippen molar-refractivity contribution in [3.05, 3.63) is 113 Å². The number of nitrogens with zero attached hydrogens (tertiary/aromatic N) is 2. The van der Waals surface area contributed by atoms with Gasteiger partial charge < -0.3 is 20.4 Å². The fraction of sp³-hybridized carbons (Fsp3) is 0. The Bertz CT molecular complexity index is 1560. The van der Waals surface area contributed by atoms with Crippen LogP contribution in [0.25, 0.3) is 0 Å². The summed E-state index contributed by atoms with van der Waals surface area (Å²) in [6, 6.07) is 18.6. The van der Waals surface area contributed by atoms with E-state index in [1.54, 1.807) is 48.5 Å². The van der Waals surface area contributed by atoms with E-state index in [4.69, 9.17) is 0 Å². The van der Waals surface area contributed by atoms with Crippen molar-refractivity contribution in [3.63, 3.8) is 0 Å². The molecule has 0 aliphatic heterocycles. The minimum absolute atomic E-state index is 0. The van der Waals surface area contributed by atoms with Gasteiger partial charge in [-0.15, -0.1) is 0 Å². The Morgan fingerprint density at radius 1 is 0.651 bits per heavy atom. The third kappa shape index (κ3) is 10.5. The maximum Gasteiger partial charge on any atom is 2.00 e. The van der Waals surface area contributed by atoms with Crippen LogP contribution in [0.2, 0.25) is 0 Å². The molecule has 0 atom stereocenters. The minimum atomic E-state index is -0.564. The molecule has 4 rings (SSSR count). The van der Waals surface area contributed by atoms with Crippen LogP contribution in [0.3, 0.4) is 0 Å². The molecule has 0 spiro atoms. The molecular weight excluding hydrogens is 867 g/mol. The van der Waals surface area contributed by atoms with Crippen LogP contribution in [-0.2, 0) is 16.8 Å². The van der Waals surface area contributed by atoms with Gasteiger partial charge in [0.1, 0.15) is 11.5 Å². The van der Waals surface area contributed by atoms with Gasteiger partial charge in [-0.05, 0) is 59.7 Å². The number of nitrogens with one attached hydrogen (secondary N) is 2. The van der Waals surface area contributed by atoms with E-state index in [0.29, 0.717) is 29.0 Å². The number of phenolic OH excluding ortho intramolecular Hbond substituents is 2. The molecule has 0 fully saturated rings. The van der Waals surface area contributed by atoms with Crippen molar-refractivity contribution < 1.29 is 46.8 Å². The number of benzene rings is 4. The smallest absolute Gasteiger partial charge is 0.871 e. The van der Waals surface area contributed by atoms with E-state index in [2.05, 4.69) is 84.8 Å². The first kappa shape index (κ1) is 36.0. The summed E-state index contributed by atoms with van der Waals surface area (Å²) in [5.74, 6) is -1.88. The number of halogens is 4. The zero-order valence-corrected chi connectivity index (χ0v) is 28.7. The summed E-state index contributed by atoms with van der Waals surface area (Å²) in [4.78, 5) is 23.6. The molecule has 0 saturated carbocycles. The monoisotopic (exact) mass is 881 g/mol. The number of para-hydroxylation sites is 2. The Kier molecular flexibility index (Phi) is 14.4. The molecule has 0 aliphatic carbocycles. The largest absolute Gasteiger partial charge is 2.00 e. The van der Waals surface area contributed by atoms with E-state index in [1.165, 1.54) is 36.7 Å². The van der Waals surface area contributed by atoms with Crippen molar-refractivity contribution in [1.82, 2.24) is 10.9 Å². The second-order valence-corrected chi connectivity index (χ2v) is 11.6. The first-order valence-electron chi connectivity index (χ1n) is 11.5. The zero-order valence-electron chi connectivity index (χ0n) is 21.3. The standard InChI is InChI=1S/2C14H10Br2N2O3.Co/c2*15-9-5-8(13(20)11(16)6-9)7-17-18-14(21)10-3-1-2-4-12(10)19;/h2*1-7,19-20H,(H,18,21);/q;;+2/p-2/b2*17-7+;. The van der Waals surface area contributed by atoms with Crippen LogP contribution in [0.15, 0.2) is 101 Å². The maximum absolute atomic E-state index is 11.8. The topological polar surface area (TPSA) is 169 Å². The van der Waals surface area contributed by atoms with Crippen molar-refractivity contribution in [2.75, 3.05) is 0 Å². The first-order valence-corrected chi connectivity index (χ1v) is 14.7. The summed E-state index contributed by atoms with van der Waals surface area (Å²) < 4.78 is 2.21. The van der Waals surface area contributed by atoms with E-state index in [1.807, 2.05) is 0 Å². The molecule has 2 amide bonds. The van der Waals surface area contributed by atoms with Crippen molar-refractivity contribution in [2.45, 2.75) is 0 Å². The average molecular weight is 885 g/mol. The summed E-state index contributed by atoms with van der Waals surface area (Å²) >= 11 is 12.8. The number of aromatic hydroxyl groups is 2. The Morgan fingerprint density at radius 2 is 1.00 bits per heavy atom. The predicted molar refractivity (Wildman–Crippen MR) is 169 cm³/mol. The molecule has 0 aliphatic rings. The molecule has 0 unspecified atom stereocenters. The van der Waals surface area contributed by atoms with Gasteiger partial charge in [-0.3, -0.25) is 9.59 Å². The summed E-state index contributed by atoms with van der Waals surface area (Å²) in [7, 11) is 0. The Balaban J connectivity index is 0.000000293. The van der Waals surface area contributed by atoms with Gasteiger partial charge >= 0.3 is 16.8 Å². The third-order valence-electron chi connectivity index (χ3n) is 5.11. The van der Waals surface area contributed by atoms with Crippen molar-refractivity contribution in [1.29, 1.82) is 0 Å². The summed E-state index contributed by atoms with van der Waals surface area (Å²) in [5, 5.41) is 50.1. The molecule has 1 radical (unpaired) electrons. The number of amides is 2. The first-order chi connectivity index (χ1) is 20.0. The van der Waals surface area contributed by atoms with Gasteiger partial charge in [0.25, 0.3) is 11.8 Å². The summed E-state index contributed by atoms with van der Waals surface area (Å²) in [6.45, 7) is 0. The normalized spacial score (nSPS) is 10.5.